The van der Waals surface area contributed by atoms with Crippen LogP contribution in [0.1, 0.15) is 5.56 Å². The Bertz CT molecular complexity index is 669. The molecule has 0 saturated carbocycles. The van der Waals surface area contributed by atoms with Crippen LogP contribution in [-0.2, 0) is 16.6 Å². The van der Waals surface area contributed by atoms with E-state index in [2.05, 4.69) is 20.7 Å². The second-order valence-corrected chi connectivity index (χ2v) is 6.52. The standard InChI is InChI=1S/C13H12BrNO3S/c14-11-2-1-3-12(8-11)15-19(17,18)13-6-4-10(9-16)5-7-13/h1-8,15-16H,9H2. The minimum atomic E-state index is -3.61. The number of hydrogen-bond acceptors (Lipinski definition) is 3. The maximum Gasteiger partial charge on any atom is 0.261 e. The third-order valence-electron chi connectivity index (χ3n) is 2.49. The molecule has 0 aliphatic carbocycles. The molecule has 2 N–H and O–H groups in total. The molecule has 6 heteroatoms. The van der Waals surface area contributed by atoms with Gasteiger partial charge in [0.2, 0.25) is 0 Å². The van der Waals surface area contributed by atoms with E-state index in [1.54, 1.807) is 30.3 Å². The first-order chi connectivity index (χ1) is 9.01. The quantitative estimate of drug-likeness (QED) is 0.898. The summed E-state index contributed by atoms with van der Waals surface area (Å²) in [5.74, 6) is 0. The SMILES string of the molecule is O=S(=O)(Nc1cccc(Br)c1)c1ccc(CO)cc1. The number of hydrogen-bond donors (Lipinski definition) is 2. The van der Waals surface area contributed by atoms with Gasteiger partial charge in [0.05, 0.1) is 11.5 Å². The third kappa shape index (κ3) is 3.56. The molecule has 0 amide bonds. The van der Waals surface area contributed by atoms with Crippen LogP contribution < -0.4 is 4.72 Å². The first-order valence-electron chi connectivity index (χ1n) is 5.49. The number of benzene rings is 2. The Balaban J connectivity index is 2.27. The van der Waals surface area contributed by atoms with Crippen molar-refractivity contribution in [1.29, 1.82) is 0 Å². The lowest BCUT2D eigenvalue weighted by molar-refractivity contribution is 0.282. The van der Waals surface area contributed by atoms with Crippen molar-refractivity contribution in [2.45, 2.75) is 11.5 Å². The van der Waals surface area contributed by atoms with Gasteiger partial charge in [-0.15, -0.1) is 0 Å². The minimum Gasteiger partial charge on any atom is -0.392 e. The van der Waals surface area contributed by atoms with E-state index in [1.807, 2.05) is 6.07 Å². The van der Waals surface area contributed by atoms with Crippen molar-refractivity contribution in [3.63, 3.8) is 0 Å². The Kier molecular flexibility index (Phi) is 4.24. The lowest BCUT2D eigenvalue weighted by Gasteiger charge is -2.08. The lowest BCUT2D eigenvalue weighted by atomic mass is 10.2. The molecule has 0 atom stereocenters. The number of aliphatic hydroxyl groups excluding tert-OH is 1. The van der Waals surface area contributed by atoms with Crippen molar-refractivity contribution in [1.82, 2.24) is 0 Å². The van der Waals surface area contributed by atoms with Gasteiger partial charge in [-0.05, 0) is 35.9 Å². The van der Waals surface area contributed by atoms with Gasteiger partial charge in [0, 0.05) is 10.2 Å². The molecule has 0 saturated heterocycles. The fraction of sp³-hybridized carbons (Fsp3) is 0.0769. The van der Waals surface area contributed by atoms with Crippen LogP contribution >= 0.6 is 15.9 Å². The summed E-state index contributed by atoms with van der Waals surface area (Å²) in [5, 5.41) is 8.93. The van der Waals surface area contributed by atoms with E-state index in [9.17, 15) is 8.42 Å². The van der Waals surface area contributed by atoms with E-state index >= 15 is 0 Å². The maximum absolute atomic E-state index is 12.1. The van der Waals surface area contributed by atoms with Gasteiger partial charge in [-0.3, -0.25) is 4.72 Å². The summed E-state index contributed by atoms with van der Waals surface area (Å²) in [5.41, 5.74) is 1.15. The van der Waals surface area contributed by atoms with Crippen molar-refractivity contribution >= 4 is 31.6 Å². The van der Waals surface area contributed by atoms with E-state index in [0.717, 1.165) is 4.47 Å². The molecule has 4 nitrogen and oxygen atoms in total. The van der Waals surface area contributed by atoms with Gasteiger partial charge in [0.1, 0.15) is 0 Å². The van der Waals surface area contributed by atoms with Crippen molar-refractivity contribution < 1.29 is 13.5 Å². The second-order valence-electron chi connectivity index (χ2n) is 3.92. The molecule has 2 aromatic carbocycles. The summed E-state index contributed by atoms with van der Waals surface area (Å²) in [4.78, 5) is 0.157. The molecule has 100 valence electrons. The van der Waals surface area contributed by atoms with Crippen LogP contribution in [0, 0.1) is 0 Å². The monoisotopic (exact) mass is 341 g/mol. The van der Waals surface area contributed by atoms with Crippen molar-refractivity contribution in [3.8, 4) is 0 Å². The highest BCUT2D eigenvalue weighted by atomic mass is 79.9. The highest BCUT2D eigenvalue weighted by Crippen LogP contribution is 2.20. The Morgan fingerprint density at radius 3 is 2.37 bits per heavy atom. The smallest absolute Gasteiger partial charge is 0.261 e. The number of halogens is 1. The van der Waals surface area contributed by atoms with Gasteiger partial charge in [-0.25, -0.2) is 8.42 Å². The molecule has 0 spiro atoms. The number of nitrogens with one attached hydrogen (secondary N) is 1. The third-order valence-corrected chi connectivity index (χ3v) is 4.38. The van der Waals surface area contributed by atoms with E-state index in [0.29, 0.717) is 11.3 Å². The van der Waals surface area contributed by atoms with E-state index in [1.165, 1.54) is 12.1 Å². The first-order valence-corrected chi connectivity index (χ1v) is 7.77. The van der Waals surface area contributed by atoms with Crippen molar-refractivity contribution in [3.05, 3.63) is 58.6 Å². The molecule has 0 fully saturated rings. The van der Waals surface area contributed by atoms with Gasteiger partial charge in [-0.2, -0.15) is 0 Å². The minimum absolute atomic E-state index is 0.112. The average Bonchev–Trinajstić information content (AvgIpc) is 2.38. The summed E-state index contributed by atoms with van der Waals surface area (Å²) in [6.45, 7) is -0.112. The molecule has 2 aromatic rings. The Morgan fingerprint density at radius 2 is 1.79 bits per heavy atom. The molecule has 0 heterocycles. The van der Waals surface area contributed by atoms with Crippen LogP contribution in [-0.4, -0.2) is 13.5 Å². The number of sulfonamides is 1. The zero-order valence-electron chi connectivity index (χ0n) is 9.88. The van der Waals surface area contributed by atoms with Gasteiger partial charge in [-0.1, -0.05) is 34.1 Å². The summed E-state index contributed by atoms with van der Waals surface area (Å²) in [7, 11) is -3.61. The molecular weight excluding hydrogens is 330 g/mol. The highest BCUT2D eigenvalue weighted by molar-refractivity contribution is 9.10. The van der Waals surface area contributed by atoms with Crippen molar-refractivity contribution in [2.75, 3.05) is 4.72 Å². The van der Waals surface area contributed by atoms with Crippen LogP contribution in [0.4, 0.5) is 5.69 Å². The topological polar surface area (TPSA) is 66.4 Å². The molecular formula is C13H12BrNO3S. The largest absolute Gasteiger partial charge is 0.392 e. The molecule has 0 bridgehead atoms. The predicted molar refractivity (Wildman–Crippen MR) is 77.3 cm³/mol. The summed E-state index contributed by atoms with van der Waals surface area (Å²) < 4.78 is 27.5. The number of anilines is 1. The Labute approximate surface area is 120 Å². The summed E-state index contributed by atoms with van der Waals surface area (Å²) in [6.07, 6.45) is 0. The van der Waals surface area contributed by atoms with Crippen LogP contribution in [0.15, 0.2) is 57.9 Å². The van der Waals surface area contributed by atoms with Crippen LogP contribution in [0.25, 0.3) is 0 Å². The van der Waals surface area contributed by atoms with Gasteiger partial charge >= 0.3 is 0 Å². The van der Waals surface area contributed by atoms with Crippen molar-refractivity contribution in [2.24, 2.45) is 0 Å². The first kappa shape index (κ1) is 14.0. The molecule has 19 heavy (non-hydrogen) atoms. The van der Waals surface area contributed by atoms with Gasteiger partial charge < -0.3 is 5.11 Å². The average molecular weight is 342 g/mol. The number of rotatable bonds is 4. The zero-order valence-corrected chi connectivity index (χ0v) is 12.3. The Morgan fingerprint density at radius 1 is 1.11 bits per heavy atom. The van der Waals surface area contributed by atoms with E-state index in [-0.39, 0.29) is 11.5 Å². The zero-order chi connectivity index (χ0) is 13.9. The highest BCUT2D eigenvalue weighted by Gasteiger charge is 2.13. The lowest BCUT2D eigenvalue weighted by Crippen LogP contribution is -2.12. The maximum atomic E-state index is 12.1. The number of aliphatic hydroxyl groups is 1. The van der Waals surface area contributed by atoms with Crippen LogP contribution in [0.3, 0.4) is 0 Å². The summed E-state index contributed by atoms with van der Waals surface area (Å²) >= 11 is 3.28. The molecule has 0 radical (unpaired) electrons. The fourth-order valence-corrected chi connectivity index (χ4v) is 2.99. The fourth-order valence-electron chi connectivity index (χ4n) is 1.54. The van der Waals surface area contributed by atoms with E-state index in [4.69, 9.17) is 5.11 Å². The molecule has 0 aliphatic heterocycles. The van der Waals surface area contributed by atoms with E-state index < -0.39 is 10.0 Å². The normalized spacial score (nSPS) is 11.3. The molecule has 0 unspecified atom stereocenters. The summed E-state index contributed by atoms with van der Waals surface area (Å²) in [6, 6.07) is 13.0. The van der Waals surface area contributed by atoms with Crippen LogP contribution in [0.2, 0.25) is 0 Å². The predicted octanol–water partition coefficient (Wildman–Crippen LogP) is 2.74. The molecule has 2 rings (SSSR count). The molecule has 0 aromatic heterocycles. The van der Waals surface area contributed by atoms with Gasteiger partial charge in [0.25, 0.3) is 10.0 Å². The van der Waals surface area contributed by atoms with Gasteiger partial charge in [0.15, 0.2) is 0 Å². The second kappa shape index (κ2) is 5.73. The molecule has 0 aliphatic rings. The Hall–Kier alpha value is -1.37. The van der Waals surface area contributed by atoms with Crippen LogP contribution in [0.5, 0.6) is 0 Å².